The molecule has 3 rings (SSSR count). The van der Waals surface area contributed by atoms with Gasteiger partial charge in [0.15, 0.2) is 0 Å². The molecule has 1 aliphatic rings. The highest BCUT2D eigenvalue weighted by molar-refractivity contribution is 5.91. The summed E-state index contributed by atoms with van der Waals surface area (Å²) < 4.78 is 1.71. The van der Waals surface area contributed by atoms with E-state index in [9.17, 15) is 4.79 Å². The number of likely N-dealkylation sites (tertiary alicyclic amines) is 1. The SMILES string of the molecule is Cn1nnc2cc(NC(=O)N3CCCC3)ccc21. The van der Waals surface area contributed by atoms with Crippen molar-refractivity contribution < 1.29 is 4.79 Å². The van der Waals surface area contributed by atoms with Gasteiger partial charge in [0.25, 0.3) is 0 Å². The number of urea groups is 1. The van der Waals surface area contributed by atoms with Crippen LogP contribution in [0.15, 0.2) is 18.2 Å². The van der Waals surface area contributed by atoms with E-state index in [4.69, 9.17) is 0 Å². The lowest BCUT2D eigenvalue weighted by Crippen LogP contribution is -2.32. The van der Waals surface area contributed by atoms with Crippen LogP contribution >= 0.6 is 0 Å². The van der Waals surface area contributed by atoms with Crippen LogP contribution in [0.1, 0.15) is 12.8 Å². The van der Waals surface area contributed by atoms with Crippen LogP contribution in [-0.4, -0.2) is 39.0 Å². The summed E-state index contributed by atoms with van der Waals surface area (Å²) in [5, 5.41) is 10.9. The average Bonchev–Trinajstić information content (AvgIpc) is 2.99. The van der Waals surface area contributed by atoms with Gasteiger partial charge in [0.05, 0.1) is 5.52 Å². The highest BCUT2D eigenvalue weighted by Crippen LogP contribution is 2.17. The minimum absolute atomic E-state index is 0.0317. The molecule has 2 aromatic rings. The fourth-order valence-electron chi connectivity index (χ4n) is 2.24. The van der Waals surface area contributed by atoms with E-state index in [1.807, 2.05) is 30.1 Å². The van der Waals surface area contributed by atoms with E-state index >= 15 is 0 Å². The first kappa shape index (κ1) is 11.0. The molecule has 0 atom stereocenters. The second-order valence-electron chi connectivity index (χ2n) is 4.54. The maximum atomic E-state index is 11.9. The zero-order chi connectivity index (χ0) is 12.5. The lowest BCUT2D eigenvalue weighted by atomic mass is 10.3. The lowest BCUT2D eigenvalue weighted by molar-refractivity contribution is 0.222. The quantitative estimate of drug-likeness (QED) is 0.830. The molecule has 6 heteroatoms. The van der Waals surface area contributed by atoms with Crippen molar-refractivity contribution in [1.29, 1.82) is 0 Å². The number of amides is 2. The van der Waals surface area contributed by atoms with Gasteiger partial charge in [0.1, 0.15) is 5.52 Å². The van der Waals surface area contributed by atoms with Gasteiger partial charge >= 0.3 is 6.03 Å². The number of hydrogen-bond acceptors (Lipinski definition) is 3. The minimum Gasteiger partial charge on any atom is -0.325 e. The molecule has 1 fully saturated rings. The number of aromatic nitrogens is 3. The molecule has 1 aromatic heterocycles. The van der Waals surface area contributed by atoms with Gasteiger partial charge < -0.3 is 10.2 Å². The van der Waals surface area contributed by atoms with Gasteiger partial charge in [0.2, 0.25) is 0 Å². The Hall–Kier alpha value is -2.11. The van der Waals surface area contributed by atoms with Crippen LogP contribution in [0.4, 0.5) is 10.5 Å². The number of anilines is 1. The number of aryl methyl sites for hydroxylation is 1. The molecule has 6 nitrogen and oxygen atoms in total. The van der Waals surface area contributed by atoms with E-state index in [1.54, 1.807) is 4.68 Å². The Kier molecular flexibility index (Phi) is 2.62. The molecule has 1 aromatic carbocycles. The van der Waals surface area contributed by atoms with Crippen LogP contribution < -0.4 is 5.32 Å². The standard InChI is InChI=1S/C12H15N5O/c1-16-11-5-4-9(8-10(11)14-15-16)13-12(18)17-6-2-3-7-17/h4-5,8H,2-3,6-7H2,1H3,(H,13,18). The number of carbonyl (C=O) groups is 1. The maximum Gasteiger partial charge on any atom is 0.321 e. The second-order valence-corrected chi connectivity index (χ2v) is 4.54. The average molecular weight is 245 g/mol. The number of rotatable bonds is 1. The van der Waals surface area contributed by atoms with Gasteiger partial charge in [0, 0.05) is 25.8 Å². The van der Waals surface area contributed by atoms with Gasteiger partial charge in [-0.25, -0.2) is 9.48 Å². The van der Waals surface area contributed by atoms with E-state index in [0.29, 0.717) is 0 Å². The van der Waals surface area contributed by atoms with Crippen molar-refractivity contribution in [3.63, 3.8) is 0 Å². The largest absolute Gasteiger partial charge is 0.325 e. The van der Waals surface area contributed by atoms with Crippen LogP contribution in [0, 0.1) is 0 Å². The van der Waals surface area contributed by atoms with Gasteiger partial charge in [-0.15, -0.1) is 5.10 Å². The highest BCUT2D eigenvalue weighted by atomic mass is 16.2. The Labute approximate surface area is 105 Å². The highest BCUT2D eigenvalue weighted by Gasteiger charge is 2.17. The first-order valence-corrected chi connectivity index (χ1v) is 6.09. The monoisotopic (exact) mass is 245 g/mol. The zero-order valence-corrected chi connectivity index (χ0v) is 10.3. The van der Waals surface area contributed by atoms with Crippen molar-refractivity contribution in [2.75, 3.05) is 18.4 Å². The molecule has 0 bridgehead atoms. The first-order valence-electron chi connectivity index (χ1n) is 6.09. The molecule has 2 heterocycles. The van der Waals surface area contributed by atoms with E-state index in [-0.39, 0.29) is 6.03 Å². The minimum atomic E-state index is -0.0317. The summed E-state index contributed by atoms with van der Waals surface area (Å²) in [4.78, 5) is 13.8. The molecule has 18 heavy (non-hydrogen) atoms. The van der Waals surface area contributed by atoms with Crippen molar-refractivity contribution in [3.8, 4) is 0 Å². The van der Waals surface area contributed by atoms with Gasteiger partial charge in [-0.05, 0) is 31.0 Å². The molecular weight excluding hydrogens is 230 g/mol. The van der Waals surface area contributed by atoms with Gasteiger partial charge in [-0.1, -0.05) is 5.21 Å². The zero-order valence-electron chi connectivity index (χ0n) is 10.3. The van der Waals surface area contributed by atoms with Crippen LogP contribution in [0.5, 0.6) is 0 Å². The summed E-state index contributed by atoms with van der Waals surface area (Å²) >= 11 is 0. The molecule has 1 saturated heterocycles. The molecule has 0 unspecified atom stereocenters. The third-order valence-corrected chi connectivity index (χ3v) is 3.26. The number of nitrogens with one attached hydrogen (secondary N) is 1. The van der Waals surface area contributed by atoms with Crippen LogP contribution in [0.2, 0.25) is 0 Å². The fraction of sp³-hybridized carbons (Fsp3) is 0.417. The van der Waals surface area contributed by atoms with Crippen LogP contribution in [-0.2, 0) is 7.05 Å². The maximum absolute atomic E-state index is 11.9. The molecule has 1 N–H and O–H groups in total. The van der Waals surface area contributed by atoms with Crippen molar-refractivity contribution in [2.45, 2.75) is 12.8 Å². The molecule has 2 amide bonds. The molecule has 1 aliphatic heterocycles. The number of benzene rings is 1. The summed E-state index contributed by atoms with van der Waals surface area (Å²) in [5.74, 6) is 0. The Morgan fingerprint density at radius 2 is 2.11 bits per heavy atom. The second kappa shape index (κ2) is 4.29. The van der Waals surface area contributed by atoms with E-state index in [1.165, 1.54) is 0 Å². The molecular formula is C12H15N5O. The smallest absolute Gasteiger partial charge is 0.321 e. The predicted octanol–water partition coefficient (Wildman–Crippen LogP) is 1.60. The first-order chi connectivity index (χ1) is 8.74. The van der Waals surface area contributed by atoms with Crippen molar-refractivity contribution in [3.05, 3.63) is 18.2 Å². The molecule has 0 spiro atoms. The van der Waals surface area contributed by atoms with Gasteiger partial charge in [-0.3, -0.25) is 0 Å². The Bertz CT molecular complexity index is 585. The fourth-order valence-corrected chi connectivity index (χ4v) is 2.24. The lowest BCUT2D eigenvalue weighted by Gasteiger charge is -2.16. The number of fused-ring (bicyclic) bond motifs is 1. The molecule has 0 saturated carbocycles. The summed E-state index contributed by atoms with van der Waals surface area (Å²) in [5.41, 5.74) is 2.51. The summed E-state index contributed by atoms with van der Waals surface area (Å²) in [7, 11) is 1.85. The Morgan fingerprint density at radius 3 is 2.89 bits per heavy atom. The Balaban J connectivity index is 1.79. The summed E-state index contributed by atoms with van der Waals surface area (Å²) in [6, 6.07) is 5.60. The van der Waals surface area contributed by atoms with Crippen LogP contribution in [0.25, 0.3) is 11.0 Å². The molecule has 0 radical (unpaired) electrons. The number of nitrogens with zero attached hydrogens (tertiary/aromatic N) is 4. The van der Waals surface area contributed by atoms with E-state index in [0.717, 1.165) is 42.7 Å². The van der Waals surface area contributed by atoms with E-state index in [2.05, 4.69) is 15.6 Å². The number of hydrogen-bond donors (Lipinski definition) is 1. The third kappa shape index (κ3) is 1.90. The number of carbonyl (C=O) groups excluding carboxylic acids is 1. The van der Waals surface area contributed by atoms with Crippen molar-refractivity contribution in [2.24, 2.45) is 7.05 Å². The van der Waals surface area contributed by atoms with Crippen molar-refractivity contribution in [1.82, 2.24) is 19.9 Å². The van der Waals surface area contributed by atoms with E-state index < -0.39 is 0 Å². The Morgan fingerprint density at radius 1 is 1.33 bits per heavy atom. The third-order valence-electron chi connectivity index (χ3n) is 3.26. The normalized spacial score (nSPS) is 15.3. The van der Waals surface area contributed by atoms with Gasteiger partial charge in [-0.2, -0.15) is 0 Å². The van der Waals surface area contributed by atoms with Crippen molar-refractivity contribution >= 4 is 22.8 Å². The summed E-state index contributed by atoms with van der Waals surface area (Å²) in [6.07, 6.45) is 2.19. The summed E-state index contributed by atoms with van der Waals surface area (Å²) in [6.45, 7) is 1.69. The van der Waals surface area contributed by atoms with Crippen LogP contribution in [0.3, 0.4) is 0 Å². The molecule has 0 aliphatic carbocycles. The topological polar surface area (TPSA) is 63.1 Å². The predicted molar refractivity (Wildman–Crippen MR) is 68.3 cm³/mol. The molecule has 94 valence electrons.